The molecule has 9 nitrogen and oxygen atoms in total. The number of hydrogen-bond acceptors (Lipinski definition) is 7. The van der Waals surface area contributed by atoms with Crippen molar-refractivity contribution in [3.05, 3.63) is 74.4 Å². The quantitative estimate of drug-likeness (QED) is 0.354. The average molecular weight is 414 g/mol. The maximum absolute atomic E-state index is 12.3. The molecule has 0 spiro atoms. The number of benzene rings is 2. The third-order valence-electron chi connectivity index (χ3n) is 4.03. The number of rotatable bonds is 7. The van der Waals surface area contributed by atoms with Gasteiger partial charge in [0.15, 0.2) is 6.61 Å². The summed E-state index contributed by atoms with van der Waals surface area (Å²) in [4.78, 5) is 22.7. The van der Waals surface area contributed by atoms with Crippen LogP contribution in [0.1, 0.15) is 17.0 Å². The minimum absolute atomic E-state index is 0.0263. The number of nitro benzene ring substituents is 1. The second-order valence-electron chi connectivity index (χ2n) is 6.33. The highest BCUT2D eigenvalue weighted by Crippen LogP contribution is 2.22. The first-order valence-electron chi connectivity index (χ1n) is 8.63. The molecule has 0 radical (unpaired) electrons. The number of carbonyl (C=O) groups excluding carboxylic acids is 1. The summed E-state index contributed by atoms with van der Waals surface area (Å²) in [5, 5.41) is 17.7. The van der Waals surface area contributed by atoms with Crippen LogP contribution in [0.15, 0.2) is 46.9 Å². The topological polar surface area (TPSA) is 112 Å². The summed E-state index contributed by atoms with van der Waals surface area (Å²) in [6.45, 7) is 3.58. The van der Waals surface area contributed by atoms with E-state index < -0.39 is 10.8 Å². The number of carbonyl (C=O) groups is 1. The van der Waals surface area contributed by atoms with Crippen molar-refractivity contribution < 1.29 is 18.9 Å². The Labute approximate surface area is 171 Å². The Morgan fingerprint density at radius 1 is 1.28 bits per heavy atom. The number of aromatic nitrogens is 2. The van der Waals surface area contributed by atoms with Crippen LogP contribution < -0.4 is 10.1 Å². The molecule has 0 fully saturated rings. The van der Waals surface area contributed by atoms with Gasteiger partial charge in [0, 0.05) is 12.1 Å². The van der Waals surface area contributed by atoms with Crippen molar-refractivity contribution in [3.8, 4) is 5.75 Å². The monoisotopic (exact) mass is 414 g/mol. The summed E-state index contributed by atoms with van der Waals surface area (Å²) in [6.07, 6.45) is 0. The first-order valence-corrected chi connectivity index (χ1v) is 9.04. The number of nitrogens with zero attached hydrogens (tertiary/aromatic N) is 3. The lowest BCUT2D eigenvalue weighted by molar-refractivity contribution is -0.384. The number of ether oxygens (including phenoxy) is 1. The highest BCUT2D eigenvalue weighted by atomic mass is 32.1. The van der Waals surface area contributed by atoms with E-state index in [1.165, 1.54) is 16.8 Å². The van der Waals surface area contributed by atoms with Gasteiger partial charge in [-0.25, -0.2) is 4.68 Å². The van der Waals surface area contributed by atoms with Gasteiger partial charge < -0.3 is 14.5 Å². The normalized spacial score (nSPS) is 10.6. The van der Waals surface area contributed by atoms with Crippen LogP contribution in [-0.2, 0) is 17.9 Å². The molecule has 29 heavy (non-hydrogen) atoms. The SMILES string of the molecule is Cc1ccc(OCc2nn(CC(=O)Nc3cc([N+](=O)[O-])ccc3C)c(=S)o2)cc1. The van der Waals surface area contributed by atoms with Crippen LogP contribution in [0.5, 0.6) is 5.75 Å². The molecule has 10 heteroatoms. The zero-order valence-corrected chi connectivity index (χ0v) is 16.6. The highest BCUT2D eigenvalue weighted by Gasteiger charge is 2.14. The average Bonchev–Trinajstić information content (AvgIpc) is 3.02. The van der Waals surface area contributed by atoms with E-state index >= 15 is 0 Å². The van der Waals surface area contributed by atoms with E-state index in [1.807, 2.05) is 31.2 Å². The summed E-state index contributed by atoms with van der Waals surface area (Å²) < 4.78 is 12.2. The lowest BCUT2D eigenvalue weighted by Gasteiger charge is -2.08. The fourth-order valence-electron chi connectivity index (χ4n) is 2.47. The maximum Gasteiger partial charge on any atom is 0.287 e. The minimum Gasteiger partial charge on any atom is -0.484 e. The van der Waals surface area contributed by atoms with Gasteiger partial charge in [-0.3, -0.25) is 14.9 Å². The first kappa shape index (κ1) is 20.2. The van der Waals surface area contributed by atoms with Gasteiger partial charge in [-0.15, -0.1) is 5.10 Å². The van der Waals surface area contributed by atoms with Gasteiger partial charge in [-0.2, -0.15) is 0 Å². The van der Waals surface area contributed by atoms with Crippen LogP contribution in [0, 0.1) is 28.8 Å². The molecule has 2 aromatic carbocycles. The predicted molar refractivity (Wildman–Crippen MR) is 107 cm³/mol. The Hall–Kier alpha value is -3.53. The van der Waals surface area contributed by atoms with Gasteiger partial charge >= 0.3 is 0 Å². The van der Waals surface area contributed by atoms with E-state index in [9.17, 15) is 14.9 Å². The van der Waals surface area contributed by atoms with Gasteiger partial charge in [-0.1, -0.05) is 23.8 Å². The third-order valence-corrected chi connectivity index (χ3v) is 4.32. The van der Waals surface area contributed by atoms with E-state index in [4.69, 9.17) is 21.4 Å². The molecule has 1 amide bonds. The van der Waals surface area contributed by atoms with E-state index in [1.54, 1.807) is 13.0 Å². The molecule has 3 rings (SSSR count). The number of hydrogen-bond donors (Lipinski definition) is 1. The molecule has 0 bridgehead atoms. The van der Waals surface area contributed by atoms with Gasteiger partial charge in [-0.05, 0) is 43.8 Å². The number of nitrogens with one attached hydrogen (secondary N) is 1. The number of non-ortho nitro benzene ring substituents is 1. The Morgan fingerprint density at radius 3 is 2.69 bits per heavy atom. The van der Waals surface area contributed by atoms with Crippen LogP contribution in [0.3, 0.4) is 0 Å². The molecular formula is C19H18N4O5S. The van der Waals surface area contributed by atoms with Crippen molar-refractivity contribution in [3.63, 3.8) is 0 Å². The number of nitro groups is 1. The van der Waals surface area contributed by atoms with Gasteiger partial charge in [0.05, 0.1) is 10.6 Å². The fourth-order valence-corrected chi connectivity index (χ4v) is 2.67. The summed E-state index contributed by atoms with van der Waals surface area (Å²) in [5.74, 6) is 0.448. The zero-order chi connectivity index (χ0) is 21.0. The molecule has 150 valence electrons. The van der Waals surface area contributed by atoms with Gasteiger partial charge in [0.2, 0.25) is 5.91 Å². The Kier molecular flexibility index (Phi) is 6.03. The summed E-state index contributed by atoms with van der Waals surface area (Å²) >= 11 is 5.09. The molecule has 1 heterocycles. The van der Waals surface area contributed by atoms with Crippen molar-refractivity contribution in [2.75, 3.05) is 5.32 Å². The third kappa shape index (κ3) is 5.26. The molecule has 0 aliphatic heterocycles. The number of aryl methyl sites for hydroxylation is 2. The highest BCUT2D eigenvalue weighted by molar-refractivity contribution is 7.71. The number of anilines is 1. The Balaban J connectivity index is 1.64. The second kappa shape index (κ2) is 8.65. The van der Waals surface area contributed by atoms with E-state index in [0.717, 1.165) is 5.56 Å². The summed E-state index contributed by atoms with van der Waals surface area (Å²) in [5.41, 5.74) is 2.05. The molecule has 1 N–H and O–H groups in total. The first-order chi connectivity index (χ1) is 13.8. The van der Waals surface area contributed by atoms with Crippen molar-refractivity contribution in [2.24, 2.45) is 0 Å². The van der Waals surface area contributed by atoms with Crippen LogP contribution in [-0.4, -0.2) is 20.6 Å². The van der Waals surface area contributed by atoms with Crippen LogP contribution in [0.4, 0.5) is 11.4 Å². The van der Waals surface area contributed by atoms with Crippen LogP contribution in [0.2, 0.25) is 0 Å². The number of amides is 1. The van der Waals surface area contributed by atoms with E-state index in [2.05, 4.69) is 10.4 Å². The van der Waals surface area contributed by atoms with E-state index in [-0.39, 0.29) is 29.6 Å². The van der Waals surface area contributed by atoms with Crippen molar-refractivity contribution in [2.45, 2.75) is 27.0 Å². The molecule has 0 saturated carbocycles. The predicted octanol–water partition coefficient (Wildman–Crippen LogP) is 3.95. The molecule has 1 aromatic heterocycles. The van der Waals surface area contributed by atoms with Crippen LogP contribution in [0.25, 0.3) is 0 Å². The molecular weight excluding hydrogens is 396 g/mol. The Bertz CT molecular complexity index is 1100. The molecule has 0 aliphatic rings. The van der Waals surface area contributed by atoms with Crippen molar-refractivity contribution in [1.29, 1.82) is 0 Å². The molecule has 0 atom stereocenters. The second-order valence-corrected chi connectivity index (χ2v) is 6.67. The van der Waals surface area contributed by atoms with Crippen molar-refractivity contribution >= 4 is 29.5 Å². The minimum atomic E-state index is -0.525. The summed E-state index contributed by atoms with van der Waals surface area (Å²) in [6, 6.07) is 11.7. The fraction of sp³-hybridized carbons (Fsp3) is 0.211. The lowest BCUT2D eigenvalue weighted by atomic mass is 10.2. The van der Waals surface area contributed by atoms with E-state index in [0.29, 0.717) is 17.0 Å². The van der Waals surface area contributed by atoms with Gasteiger partial charge in [0.1, 0.15) is 12.3 Å². The smallest absolute Gasteiger partial charge is 0.287 e. The largest absolute Gasteiger partial charge is 0.484 e. The molecule has 0 unspecified atom stereocenters. The van der Waals surface area contributed by atoms with Gasteiger partial charge in [0.25, 0.3) is 16.4 Å². The lowest BCUT2D eigenvalue weighted by Crippen LogP contribution is -2.20. The molecule has 0 saturated heterocycles. The molecule has 3 aromatic rings. The summed E-state index contributed by atoms with van der Waals surface area (Å²) in [7, 11) is 0. The maximum atomic E-state index is 12.3. The standard InChI is InChI=1S/C19H18N4O5S/c1-12-3-7-15(8-4-12)27-11-18-21-22(19(29)28-18)10-17(24)20-16-9-14(23(25)26)6-5-13(16)2/h3-9H,10-11H2,1-2H3,(H,20,24). The Morgan fingerprint density at radius 2 is 2.00 bits per heavy atom. The van der Waals surface area contributed by atoms with Crippen molar-refractivity contribution in [1.82, 2.24) is 9.78 Å². The zero-order valence-electron chi connectivity index (χ0n) is 15.7. The molecule has 0 aliphatic carbocycles. The van der Waals surface area contributed by atoms with Crippen LogP contribution >= 0.6 is 12.2 Å².